The Hall–Kier alpha value is -3.75. The number of nitrogens with one attached hydrogen (secondary N) is 4. The number of benzene rings is 2. The molecule has 0 aliphatic rings. The van der Waals surface area contributed by atoms with Crippen molar-refractivity contribution in [2.75, 3.05) is 37.9 Å². The molecule has 9 nitrogen and oxygen atoms in total. The van der Waals surface area contributed by atoms with Crippen LogP contribution in [0.5, 0.6) is 11.5 Å². The predicted octanol–water partition coefficient (Wildman–Crippen LogP) is 2.60. The number of methoxy groups -OCH3 is 2. The Morgan fingerprint density at radius 3 is 2.20 bits per heavy atom. The van der Waals surface area contributed by atoms with E-state index in [0.29, 0.717) is 47.9 Å². The van der Waals surface area contributed by atoms with Crippen LogP contribution in [-0.2, 0) is 4.79 Å². The van der Waals surface area contributed by atoms with E-state index >= 15 is 0 Å². The summed E-state index contributed by atoms with van der Waals surface area (Å²) in [5.74, 6) is 0.746. The van der Waals surface area contributed by atoms with E-state index in [1.54, 1.807) is 56.5 Å². The molecule has 0 radical (unpaired) electrons. The van der Waals surface area contributed by atoms with Crippen LogP contribution in [0.2, 0.25) is 0 Å². The van der Waals surface area contributed by atoms with Crippen LogP contribution in [0.15, 0.2) is 42.5 Å². The van der Waals surface area contributed by atoms with Gasteiger partial charge in [-0.3, -0.25) is 9.59 Å². The Bertz CT molecular complexity index is 883. The molecule has 4 N–H and O–H groups in total. The molecule has 0 saturated carbocycles. The molecular weight excluding hydrogens is 388 g/mol. The number of carbonyl (C=O) groups excluding carboxylic acids is 3. The maximum Gasteiger partial charge on any atom is 0.323 e. The lowest BCUT2D eigenvalue weighted by Gasteiger charge is -2.12. The molecule has 160 valence electrons. The van der Waals surface area contributed by atoms with Crippen LogP contribution >= 0.6 is 0 Å². The van der Waals surface area contributed by atoms with E-state index in [4.69, 9.17) is 9.47 Å². The lowest BCUT2D eigenvalue weighted by atomic mass is 10.2. The monoisotopic (exact) mass is 414 g/mol. The quantitative estimate of drug-likeness (QED) is 0.471. The van der Waals surface area contributed by atoms with Gasteiger partial charge in [0.25, 0.3) is 5.91 Å². The van der Waals surface area contributed by atoms with Crippen LogP contribution in [0.4, 0.5) is 16.2 Å². The maximum absolute atomic E-state index is 12.3. The second-order valence-corrected chi connectivity index (χ2v) is 6.18. The second-order valence-electron chi connectivity index (χ2n) is 6.18. The zero-order valence-electron chi connectivity index (χ0n) is 17.2. The normalized spacial score (nSPS) is 9.97. The van der Waals surface area contributed by atoms with Crippen molar-refractivity contribution in [2.24, 2.45) is 0 Å². The van der Waals surface area contributed by atoms with Gasteiger partial charge in [0.2, 0.25) is 5.91 Å². The van der Waals surface area contributed by atoms with Gasteiger partial charge in [-0.2, -0.15) is 0 Å². The van der Waals surface area contributed by atoms with Gasteiger partial charge in [0, 0.05) is 36.8 Å². The highest BCUT2D eigenvalue weighted by Crippen LogP contribution is 2.29. The average molecular weight is 414 g/mol. The van der Waals surface area contributed by atoms with Crippen molar-refractivity contribution in [1.29, 1.82) is 0 Å². The maximum atomic E-state index is 12.3. The van der Waals surface area contributed by atoms with E-state index in [1.807, 2.05) is 0 Å². The molecule has 0 aliphatic carbocycles. The van der Waals surface area contributed by atoms with Crippen molar-refractivity contribution < 1.29 is 23.9 Å². The summed E-state index contributed by atoms with van der Waals surface area (Å²) < 4.78 is 10.4. The van der Waals surface area contributed by atoms with Gasteiger partial charge in [0.05, 0.1) is 19.9 Å². The molecule has 0 spiro atoms. The van der Waals surface area contributed by atoms with E-state index in [9.17, 15) is 14.4 Å². The van der Waals surface area contributed by atoms with Crippen LogP contribution in [0, 0.1) is 0 Å². The first-order chi connectivity index (χ1) is 14.5. The van der Waals surface area contributed by atoms with Crippen molar-refractivity contribution in [3.63, 3.8) is 0 Å². The molecule has 0 unspecified atom stereocenters. The molecule has 4 amide bonds. The molecule has 2 aromatic rings. The molecule has 2 rings (SSSR count). The first kappa shape index (κ1) is 22.5. The van der Waals surface area contributed by atoms with Gasteiger partial charge in [0.15, 0.2) is 0 Å². The predicted molar refractivity (Wildman–Crippen MR) is 114 cm³/mol. The number of anilines is 2. The third-order valence-electron chi connectivity index (χ3n) is 4.12. The second kappa shape index (κ2) is 11.3. The highest BCUT2D eigenvalue weighted by atomic mass is 16.5. The molecule has 0 aromatic heterocycles. The highest BCUT2D eigenvalue weighted by molar-refractivity contribution is 6.01. The van der Waals surface area contributed by atoms with Gasteiger partial charge in [-0.15, -0.1) is 0 Å². The summed E-state index contributed by atoms with van der Waals surface area (Å²) in [5, 5.41) is 10.8. The Balaban J connectivity index is 1.87. The summed E-state index contributed by atoms with van der Waals surface area (Å²) in [6.45, 7) is 2.46. The standard InChI is InChI=1S/C21H26N4O5/c1-4-19(26)22-11-12-23-20(27)14-5-7-15(8-6-14)24-21(28)25-17-10-9-16(29-2)13-18(17)30-3/h5-10,13H,4,11-12H2,1-3H3,(H,22,26)(H,23,27)(H2,24,25,28). The number of hydrogen-bond acceptors (Lipinski definition) is 5. The van der Waals surface area contributed by atoms with Gasteiger partial charge in [-0.1, -0.05) is 6.92 Å². The number of hydrogen-bond donors (Lipinski definition) is 4. The highest BCUT2D eigenvalue weighted by Gasteiger charge is 2.10. The fourth-order valence-corrected chi connectivity index (χ4v) is 2.50. The first-order valence-electron chi connectivity index (χ1n) is 9.41. The van der Waals surface area contributed by atoms with Gasteiger partial charge < -0.3 is 30.7 Å². The van der Waals surface area contributed by atoms with E-state index in [1.165, 1.54) is 7.11 Å². The SMILES string of the molecule is CCC(=O)NCCNC(=O)c1ccc(NC(=O)Nc2ccc(OC)cc2OC)cc1. The topological polar surface area (TPSA) is 118 Å². The van der Waals surface area contributed by atoms with Gasteiger partial charge in [-0.25, -0.2) is 4.79 Å². The number of carbonyl (C=O) groups is 3. The van der Waals surface area contributed by atoms with Crippen molar-refractivity contribution in [3.8, 4) is 11.5 Å². The summed E-state index contributed by atoms with van der Waals surface area (Å²) in [7, 11) is 3.04. The van der Waals surface area contributed by atoms with Gasteiger partial charge in [-0.05, 0) is 36.4 Å². The summed E-state index contributed by atoms with van der Waals surface area (Å²) in [6, 6.07) is 11.0. The Kier molecular flexibility index (Phi) is 8.49. The van der Waals surface area contributed by atoms with E-state index in [0.717, 1.165) is 0 Å². The summed E-state index contributed by atoms with van der Waals surface area (Å²) in [6.07, 6.45) is 0.404. The summed E-state index contributed by atoms with van der Waals surface area (Å²) >= 11 is 0. The molecule has 0 bridgehead atoms. The fourth-order valence-electron chi connectivity index (χ4n) is 2.50. The molecule has 2 aromatic carbocycles. The van der Waals surface area contributed by atoms with Crippen molar-refractivity contribution in [2.45, 2.75) is 13.3 Å². The van der Waals surface area contributed by atoms with Crippen molar-refractivity contribution in [3.05, 3.63) is 48.0 Å². The first-order valence-corrected chi connectivity index (χ1v) is 9.41. The third-order valence-corrected chi connectivity index (χ3v) is 4.12. The zero-order chi connectivity index (χ0) is 21.9. The lowest BCUT2D eigenvalue weighted by Crippen LogP contribution is -2.34. The smallest absolute Gasteiger partial charge is 0.323 e. The lowest BCUT2D eigenvalue weighted by molar-refractivity contribution is -0.120. The summed E-state index contributed by atoms with van der Waals surface area (Å²) in [4.78, 5) is 35.5. The minimum absolute atomic E-state index is 0.0646. The fraction of sp³-hybridized carbons (Fsp3) is 0.286. The van der Waals surface area contributed by atoms with E-state index in [-0.39, 0.29) is 11.8 Å². The molecule has 9 heteroatoms. The van der Waals surface area contributed by atoms with Gasteiger partial charge >= 0.3 is 6.03 Å². The molecule has 0 heterocycles. The third kappa shape index (κ3) is 6.69. The molecular formula is C21H26N4O5. The van der Waals surface area contributed by atoms with Crippen LogP contribution < -0.4 is 30.7 Å². The van der Waals surface area contributed by atoms with Crippen molar-refractivity contribution in [1.82, 2.24) is 10.6 Å². The molecule has 0 atom stereocenters. The zero-order valence-corrected chi connectivity index (χ0v) is 17.2. The summed E-state index contributed by atoms with van der Waals surface area (Å²) in [5.41, 5.74) is 1.45. The van der Waals surface area contributed by atoms with Gasteiger partial charge in [0.1, 0.15) is 11.5 Å². The Morgan fingerprint density at radius 2 is 1.57 bits per heavy atom. The molecule has 30 heavy (non-hydrogen) atoms. The number of amides is 4. The molecule has 0 fully saturated rings. The Labute approximate surface area is 175 Å². The molecule has 0 saturated heterocycles. The molecule has 0 aliphatic heterocycles. The van der Waals surface area contributed by atoms with Crippen LogP contribution in [0.1, 0.15) is 23.7 Å². The van der Waals surface area contributed by atoms with Crippen molar-refractivity contribution >= 4 is 29.2 Å². The minimum Gasteiger partial charge on any atom is -0.497 e. The number of ether oxygens (including phenoxy) is 2. The van der Waals surface area contributed by atoms with Crippen LogP contribution in [0.3, 0.4) is 0 Å². The van der Waals surface area contributed by atoms with Crippen LogP contribution in [0.25, 0.3) is 0 Å². The average Bonchev–Trinajstić information content (AvgIpc) is 2.77. The van der Waals surface area contributed by atoms with E-state index < -0.39 is 6.03 Å². The minimum atomic E-state index is -0.456. The largest absolute Gasteiger partial charge is 0.497 e. The number of rotatable bonds is 9. The number of urea groups is 1. The van der Waals surface area contributed by atoms with Crippen LogP contribution in [-0.4, -0.2) is 45.2 Å². The Morgan fingerprint density at radius 1 is 0.867 bits per heavy atom. The van der Waals surface area contributed by atoms with E-state index in [2.05, 4.69) is 21.3 Å².